The van der Waals surface area contributed by atoms with Crippen LogP contribution < -0.4 is 21.3 Å². The summed E-state index contributed by atoms with van der Waals surface area (Å²) in [5, 5.41) is 15.0. The summed E-state index contributed by atoms with van der Waals surface area (Å²) in [4.78, 5) is 35.5. The zero-order valence-corrected chi connectivity index (χ0v) is 16.8. The number of aromatic nitrogens is 5. The minimum atomic E-state index is -4.51. The van der Waals surface area contributed by atoms with Crippen LogP contribution in [-0.4, -0.2) is 42.5 Å². The summed E-state index contributed by atoms with van der Waals surface area (Å²) in [6, 6.07) is 1.85. The molecule has 0 spiro atoms. The van der Waals surface area contributed by atoms with E-state index in [0.717, 1.165) is 25.1 Å². The SMILES string of the molecule is O=C1NC(=O)/C(=C/c2cnn3c(NC4CC4)nc(NCc4ccc(C(F)(F)F)nc4)nc23)N1. The Morgan fingerprint density at radius 3 is 2.61 bits per heavy atom. The van der Waals surface area contributed by atoms with E-state index in [1.807, 2.05) is 0 Å². The third-order valence-corrected chi connectivity index (χ3v) is 4.89. The smallest absolute Gasteiger partial charge is 0.351 e. The highest BCUT2D eigenvalue weighted by Crippen LogP contribution is 2.28. The minimum absolute atomic E-state index is 0.0514. The zero-order valence-electron chi connectivity index (χ0n) is 16.8. The molecule has 1 saturated heterocycles. The second-order valence-corrected chi connectivity index (χ2v) is 7.49. The van der Waals surface area contributed by atoms with E-state index in [9.17, 15) is 22.8 Å². The van der Waals surface area contributed by atoms with E-state index in [2.05, 4.69) is 41.3 Å². The number of rotatable bonds is 6. The fourth-order valence-electron chi connectivity index (χ4n) is 3.09. The van der Waals surface area contributed by atoms with E-state index >= 15 is 0 Å². The van der Waals surface area contributed by atoms with E-state index < -0.39 is 23.8 Å². The van der Waals surface area contributed by atoms with Crippen LogP contribution in [0.5, 0.6) is 0 Å². The predicted octanol–water partition coefficient (Wildman–Crippen LogP) is 1.90. The number of hydrogen-bond donors (Lipinski definition) is 4. The van der Waals surface area contributed by atoms with Crippen molar-refractivity contribution in [1.82, 2.24) is 35.2 Å². The molecule has 2 fully saturated rings. The number of nitrogens with one attached hydrogen (secondary N) is 4. The fourth-order valence-corrected chi connectivity index (χ4v) is 3.09. The summed E-state index contributed by atoms with van der Waals surface area (Å²) in [7, 11) is 0. The number of carbonyl (C=O) groups is 2. The number of pyridine rings is 1. The quantitative estimate of drug-likeness (QED) is 0.324. The molecule has 0 radical (unpaired) electrons. The first-order chi connectivity index (χ1) is 15.8. The molecule has 0 bridgehead atoms. The lowest BCUT2D eigenvalue weighted by Gasteiger charge is -2.11. The lowest BCUT2D eigenvalue weighted by Crippen LogP contribution is -2.22. The van der Waals surface area contributed by atoms with E-state index in [-0.39, 0.29) is 24.2 Å². The molecular weight excluding hydrogens is 443 g/mol. The number of nitrogens with zero attached hydrogens (tertiary/aromatic N) is 5. The van der Waals surface area contributed by atoms with Crippen molar-refractivity contribution in [3.8, 4) is 0 Å². The summed E-state index contributed by atoms with van der Waals surface area (Å²) in [6.45, 7) is 0.132. The summed E-state index contributed by atoms with van der Waals surface area (Å²) in [5.41, 5.74) is 0.408. The van der Waals surface area contributed by atoms with Gasteiger partial charge in [0.25, 0.3) is 5.91 Å². The van der Waals surface area contributed by atoms with E-state index in [1.54, 1.807) is 0 Å². The standard InChI is InChI=1S/C19H16F3N9O2/c20-19(21,22)13-4-1-9(6-23-13)7-24-16-28-14-10(5-12-15(32)29-18(33)27-12)8-25-31(14)17(30-16)26-11-2-3-11/h1,4-6,8,11H,2-3,7H2,(H2,24,26,28,30)(H2,27,29,32,33)/b12-5-. The van der Waals surface area contributed by atoms with Gasteiger partial charge >= 0.3 is 12.2 Å². The molecule has 1 aliphatic carbocycles. The largest absolute Gasteiger partial charge is 0.433 e. The van der Waals surface area contributed by atoms with Gasteiger partial charge in [-0.3, -0.25) is 15.1 Å². The number of alkyl halides is 3. The second kappa shape index (κ2) is 7.72. The summed E-state index contributed by atoms with van der Waals surface area (Å²) in [6.07, 6.45) is 1.52. The first kappa shape index (κ1) is 20.7. The Kier molecular flexibility index (Phi) is 4.83. The maximum absolute atomic E-state index is 12.7. The Morgan fingerprint density at radius 2 is 1.97 bits per heavy atom. The highest BCUT2D eigenvalue weighted by Gasteiger charge is 2.32. The molecule has 3 aromatic rings. The average molecular weight is 459 g/mol. The molecule has 0 aromatic carbocycles. The second-order valence-electron chi connectivity index (χ2n) is 7.49. The molecule has 4 heterocycles. The molecule has 11 nitrogen and oxygen atoms in total. The van der Waals surface area contributed by atoms with Crippen LogP contribution in [0.1, 0.15) is 29.7 Å². The van der Waals surface area contributed by atoms with Crippen molar-refractivity contribution in [1.29, 1.82) is 0 Å². The van der Waals surface area contributed by atoms with Gasteiger partial charge in [-0.25, -0.2) is 4.79 Å². The van der Waals surface area contributed by atoms with Crippen LogP contribution >= 0.6 is 0 Å². The number of halogens is 3. The monoisotopic (exact) mass is 459 g/mol. The highest BCUT2D eigenvalue weighted by molar-refractivity contribution is 6.14. The van der Waals surface area contributed by atoms with Gasteiger partial charge in [0.15, 0.2) is 5.65 Å². The third kappa shape index (κ3) is 4.40. The van der Waals surface area contributed by atoms with Crippen LogP contribution in [0, 0.1) is 0 Å². The maximum Gasteiger partial charge on any atom is 0.433 e. The Hall–Kier alpha value is -4.23. The summed E-state index contributed by atoms with van der Waals surface area (Å²) < 4.78 is 39.6. The average Bonchev–Trinajstić information content (AvgIpc) is 3.40. The van der Waals surface area contributed by atoms with E-state index in [1.165, 1.54) is 22.9 Å². The van der Waals surface area contributed by atoms with Crippen LogP contribution in [0.3, 0.4) is 0 Å². The molecular formula is C19H16F3N9O2. The normalized spacial score (nSPS) is 17.4. The van der Waals surface area contributed by atoms with Gasteiger partial charge < -0.3 is 16.0 Å². The fraction of sp³-hybridized carbons (Fsp3) is 0.263. The number of amides is 3. The Morgan fingerprint density at radius 1 is 1.15 bits per heavy atom. The van der Waals surface area contributed by atoms with E-state index in [0.29, 0.717) is 22.7 Å². The Labute approximate surface area is 183 Å². The molecule has 33 heavy (non-hydrogen) atoms. The number of imide groups is 1. The van der Waals surface area contributed by atoms with E-state index in [4.69, 9.17) is 0 Å². The van der Waals surface area contributed by atoms with Crippen molar-refractivity contribution in [2.75, 3.05) is 10.6 Å². The third-order valence-electron chi connectivity index (χ3n) is 4.89. The van der Waals surface area contributed by atoms with Crippen molar-refractivity contribution in [3.63, 3.8) is 0 Å². The molecule has 1 aliphatic heterocycles. The van der Waals surface area contributed by atoms with Crippen LogP contribution in [0.25, 0.3) is 11.7 Å². The molecule has 3 aromatic heterocycles. The molecule has 0 atom stereocenters. The van der Waals surface area contributed by atoms with Gasteiger partial charge in [-0.05, 0) is 30.5 Å². The number of urea groups is 1. The van der Waals surface area contributed by atoms with Gasteiger partial charge in [-0.15, -0.1) is 0 Å². The molecule has 1 saturated carbocycles. The Balaban J connectivity index is 1.43. The molecule has 3 amide bonds. The number of anilines is 2. The van der Waals surface area contributed by atoms with Gasteiger partial charge in [0.1, 0.15) is 11.4 Å². The molecule has 4 N–H and O–H groups in total. The summed E-state index contributed by atoms with van der Waals surface area (Å²) in [5.74, 6) is 0.0450. The van der Waals surface area contributed by atoms with Gasteiger partial charge in [0.2, 0.25) is 11.9 Å². The van der Waals surface area contributed by atoms with Crippen LogP contribution in [-0.2, 0) is 17.5 Å². The van der Waals surface area contributed by atoms with Crippen molar-refractivity contribution in [2.45, 2.75) is 31.6 Å². The highest BCUT2D eigenvalue weighted by atomic mass is 19.4. The lowest BCUT2D eigenvalue weighted by molar-refractivity contribution is -0.141. The van der Waals surface area contributed by atoms with Crippen molar-refractivity contribution >= 4 is 35.6 Å². The van der Waals surface area contributed by atoms with Crippen LogP contribution in [0.15, 0.2) is 30.2 Å². The molecule has 2 aliphatic rings. The van der Waals surface area contributed by atoms with Crippen LogP contribution in [0.2, 0.25) is 0 Å². The van der Waals surface area contributed by atoms with Gasteiger partial charge in [0, 0.05) is 24.3 Å². The maximum atomic E-state index is 12.7. The molecule has 5 rings (SSSR count). The molecule has 170 valence electrons. The first-order valence-electron chi connectivity index (χ1n) is 9.88. The van der Waals surface area contributed by atoms with Gasteiger partial charge in [-0.1, -0.05) is 6.07 Å². The zero-order chi connectivity index (χ0) is 23.2. The number of fused-ring (bicyclic) bond motifs is 1. The molecule has 0 unspecified atom stereocenters. The number of hydrogen-bond acceptors (Lipinski definition) is 8. The topological polar surface area (TPSA) is 138 Å². The van der Waals surface area contributed by atoms with Crippen molar-refractivity contribution < 1.29 is 22.8 Å². The van der Waals surface area contributed by atoms with Gasteiger partial charge in [0.05, 0.1) is 6.20 Å². The van der Waals surface area contributed by atoms with Crippen molar-refractivity contribution in [2.24, 2.45) is 0 Å². The molecule has 14 heteroatoms. The Bertz CT molecular complexity index is 1280. The van der Waals surface area contributed by atoms with Crippen LogP contribution in [0.4, 0.5) is 29.9 Å². The lowest BCUT2D eigenvalue weighted by atomic mass is 10.2. The van der Waals surface area contributed by atoms with Crippen molar-refractivity contribution in [3.05, 3.63) is 47.0 Å². The van der Waals surface area contributed by atoms with Gasteiger partial charge in [-0.2, -0.15) is 32.8 Å². The predicted molar refractivity (Wildman–Crippen MR) is 109 cm³/mol. The minimum Gasteiger partial charge on any atom is -0.351 e. The number of carbonyl (C=O) groups excluding carboxylic acids is 2. The summed E-state index contributed by atoms with van der Waals surface area (Å²) >= 11 is 0. The first-order valence-corrected chi connectivity index (χ1v) is 9.88.